The Morgan fingerprint density at radius 2 is 1.15 bits per heavy atom. The van der Waals surface area contributed by atoms with Crippen LogP contribution in [0.2, 0.25) is 0 Å². The van der Waals surface area contributed by atoms with Crippen LogP contribution in [0.5, 0.6) is 0 Å². The van der Waals surface area contributed by atoms with Crippen LogP contribution in [0.15, 0.2) is 133 Å². The third-order valence-electron chi connectivity index (χ3n) is 10.0. The van der Waals surface area contributed by atoms with Gasteiger partial charge in [-0.25, -0.2) is 9.59 Å². The lowest BCUT2D eigenvalue weighted by atomic mass is 9.92. The van der Waals surface area contributed by atoms with Crippen molar-refractivity contribution >= 4 is 18.0 Å². The quantitative estimate of drug-likeness (QED) is 0.0429. The van der Waals surface area contributed by atoms with Crippen molar-refractivity contribution in [2.24, 2.45) is 0 Å². The van der Waals surface area contributed by atoms with Crippen molar-refractivity contribution < 1.29 is 47.5 Å². The number of methoxy groups -OCH3 is 1. The number of rotatable bonds is 23. The maximum Gasteiger partial charge on any atom is 0.408 e. The fourth-order valence-corrected chi connectivity index (χ4v) is 6.97. The van der Waals surface area contributed by atoms with Crippen LogP contribution in [0.25, 0.3) is 0 Å². The van der Waals surface area contributed by atoms with E-state index < -0.39 is 54.2 Å². The molecule has 12 nitrogen and oxygen atoms in total. The SMILES string of the molecule is COC(=O)[C@H](CCCCNC(=O)/C=C/C[C@H]1O[C@H](COCc2ccccc2)[C@@H](OCc2ccccc2)[C@H](OCc2ccccc2)[C@H]1OCc1ccccc1)NC(=O)OC(C)(C)C. The van der Waals surface area contributed by atoms with Crippen molar-refractivity contribution in [3.05, 3.63) is 156 Å². The van der Waals surface area contributed by atoms with Crippen molar-refractivity contribution in [1.29, 1.82) is 0 Å². The molecular weight excluding hydrogens is 789 g/mol. The molecule has 0 unspecified atom stereocenters. The molecule has 12 heteroatoms. The summed E-state index contributed by atoms with van der Waals surface area (Å²) in [4.78, 5) is 37.7. The van der Waals surface area contributed by atoms with Gasteiger partial charge in [0.25, 0.3) is 0 Å². The molecule has 0 saturated carbocycles. The van der Waals surface area contributed by atoms with Crippen LogP contribution in [0.1, 0.15) is 68.7 Å². The van der Waals surface area contributed by atoms with Gasteiger partial charge in [-0.2, -0.15) is 0 Å². The van der Waals surface area contributed by atoms with Crippen LogP contribution in [-0.2, 0) is 69.2 Å². The second-order valence-electron chi connectivity index (χ2n) is 16.1. The van der Waals surface area contributed by atoms with E-state index in [1.807, 2.05) is 121 Å². The van der Waals surface area contributed by atoms with E-state index in [1.165, 1.54) is 13.2 Å². The van der Waals surface area contributed by atoms with E-state index in [4.69, 9.17) is 33.2 Å². The van der Waals surface area contributed by atoms with Gasteiger partial charge in [0, 0.05) is 6.54 Å². The van der Waals surface area contributed by atoms with Gasteiger partial charge in [0.05, 0.1) is 46.2 Å². The van der Waals surface area contributed by atoms with Crippen molar-refractivity contribution in [3.8, 4) is 0 Å². The zero-order valence-electron chi connectivity index (χ0n) is 36.3. The molecule has 332 valence electrons. The molecule has 0 radical (unpaired) electrons. The van der Waals surface area contributed by atoms with E-state index in [-0.39, 0.29) is 12.5 Å². The van der Waals surface area contributed by atoms with Gasteiger partial charge in [-0.1, -0.05) is 127 Å². The summed E-state index contributed by atoms with van der Waals surface area (Å²) in [5, 5.41) is 5.50. The van der Waals surface area contributed by atoms with E-state index in [2.05, 4.69) is 10.6 Å². The summed E-state index contributed by atoms with van der Waals surface area (Å²) in [5.41, 5.74) is 3.34. The molecule has 2 amide bonds. The number of carbonyl (C=O) groups excluding carboxylic acids is 3. The Kier molecular flexibility index (Phi) is 19.6. The first-order chi connectivity index (χ1) is 30.1. The minimum absolute atomic E-state index is 0.232. The molecule has 6 atom stereocenters. The Bertz CT molecular complexity index is 1930. The fourth-order valence-electron chi connectivity index (χ4n) is 6.97. The zero-order valence-corrected chi connectivity index (χ0v) is 36.3. The molecule has 1 aliphatic rings. The van der Waals surface area contributed by atoms with Crippen LogP contribution in [0.3, 0.4) is 0 Å². The van der Waals surface area contributed by atoms with Gasteiger partial charge in [-0.15, -0.1) is 0 Å². The molecule has 0 bridgehead atoms. The molecule has 0 spiro atoms. The van der Waals surface area contributed by atoms with Gasteiger partial charge in [-0.3, -0.25) is 4.79 Å². The van der Waals surface area contributed by atoms with Crippen LogP contribution in [-0.4, -0.2) is 80.4 Å². The second kappa shape index (κ2) is 25.5. The number of unbranched alkanes of at least 4 members (excludes halogenated alkanes) is 1. The number of alkyl carbamates (subject to hydrolysis) is 1. The molecule has 0 aliphatic carbocycles. The van der Waals surface area contributed by atoms with E-state index in [0.29, 0.717) is 58.7 Å². The minimum Gasteiger partial charge on any atom is -0.467 e. The lowest BCUT2D eigenvalue weighted by Crippen LogP contribution is -2.61. The summed E-state index contributed by atoms with van der Waals surface area (Å²) in [6.45, 7) is 7.18. The normalized spacial score (nSPS) is 19.4. The third kappa shape index (κ3) is 16.8. The van der Waals surface area contributed by atoms with Crippen molar-refractivity contribution in [2.45, 2.75) is 115 Å². The topological polar surface area (TPSA) is 140 Å². The number of amides is 2. The number of hydrogen-bond donors (Lipinski definition) is 2. The molecule has 1 saturated heterocycles. The van der Waals surface area contributed by atoms with Gasteiger partial charge in [0.1, 0.15) is 36.1 Å². The second-order valence-corrected chi connectivity index (χ2v) is 16.1. The number of hydrogen-bond acceptors (Lipinski definition) is 10. The van der Waals surface area contributed by atoms with Gasteiger partial charge in [0.2, 0.25) is 5.91 Å². The average molecular weight is 851 g/mol. The Labute approximate surface area is 366 Å². The number of benzene rings is 4. The van der Waals surface area contributed by atoms with Crippen molar-refractivity contribution in [2.75, 3.05) is 20.3 Å². The van der Waals surface area contributed by atoms with Crippen molar-refractivity contribution in [1.82, 2.24) is 10.6 Å². The van der Waals surface area contributed by atoms with Gasteiger partial charge < -0.3 is 43.8 Å². The molecular formula is C50H62N2O10. The van der Waals surface area contributed by atoms with Gasteiger partial charge >= 0.3 is 12.1 Å². The van der Waals surface area contributed by atoms with Crippen LogP contribution >= 0.6 is 0 Å². The third-order valence-corrected chi connectivity index (χ3v) is 10.0. The summed E-state index contributed by atoms with van der Waals surface area (Å²) in [6, 6.07) is 39.0. The summed E-state index contributed by atoms with van der Waals surface area (Å²) in [7, 11) is 1.27. The largest absolute Gasteiger partial charge is 0.467 e. The number of nitrogens with one attached hydrogen (secondary N) is 2. The molecule has 4 aromatic rings. The van der Waals surface area contributed by atoms with E-state index in [9.17, 15) is 14.4 Å². The van der Waals surface area contributed by atoms with E-state index in [1.54, 1.807) is 26.8 Å². The maximum atomic E-state index is 13.1. The highest BCUT2D eigenvalue weighted by Crippen LogP contribution is 2.32. The van der Waals surface area contributed by atoms with E-state index >= 15 is 0 Å². The molecule has 4 aromatic carbocycles. The highest BCUT2D eigenvalue weighted by atomic mass is 16.6. The van der Waals surface area contributed by atoms with Gasteiger partial charge in [-0.05, 0) is 74.8 Å². The smallest absolute Gasteiger partial charge is 0.408 e. The van der Waals surface area contributed by atoms with Crippen LogP contribution < -0.4 is 10.6 Å². The van der Waals surface area contributed by atoms with Crippen LogP contribution in [0.4, 0.5) is 4.79 Å². The van der Waals surface area contributed by atoms with E-state index in [0.717, 1.165) is 22.3 Å². The van der Waals surface area contributed by atoms with Crippen LogP contribution in [0, 0.1) is 0 Å². The summed E-state index contributed by atoms with van der Waals surface area (Å²) in [6.07, 6.45) is 1.56. The fraction of sp³-hybridized carbons (Fsp3) is 0.420. The number of carbonyl (C=O) groups is 3. The average Bonchev–Trinajstić information content (AvgIpc) is 3.27. The summed E-state index contributed by atoms with van der Waals surface area (Å²) in [5.74, 6) is -0.840. The molecule has 1 heterocycles. The van der Waals surface area contributed by atoms with Crippen molar-refractivity contribution in [3.63, 3.8) is 0 Å². The highest BCUT2D eigenvalue weighted by molar-refractivity contribution is 5.87. The number of ether oxygens (including phenoxy) is 7. The molecule has 1 fully saturated rings. The maximum absolute atomic E-state index is 13.1. The lowest BCUT2D eigenvalue weighted by molar-refractivity contribution is -0.271. The Morgan fingerprint density at radius 1 is 0.661 bits per heavy atom. The Morgan fingerprint density at radius 3 is 1.65 bits per heavy atom. The number of esters is 1. The standard InChI is InChI=1S/C50H62N2O10/c1-50(2,3)62-49(55)52-41(48(54)56-4)28-17-18-31-51-44(53)30-19-29-42-45(58-33-38-22-11-6-12-23-38)47(60-35-40-26-15-8-16-27-40)46(59-34-39-24-13-7-14-25-39)43(61-42)36-57-32-37-20-9-5-10-21-37/h5-16,19-27,30,41-43,45-47H,17-18,28-29,31-36H2,1-4H3,(H,51,53)(H,52,55)/b30-19+/t41-,42+,43+,45-,46+,47+/m0/s1. The summed E-state index contributed by atoms with van der Waals surface area (Å²) < 4.78 is 43.7. The Hall–Kier alpha value is -5.37. The predicted octanol–water partition coefficient (Wildman–Crippen LogP) is 8.03. The van der Waals surface area contributed by atoms with Gasteiger partial charge in [0.15, 0.2) is 0 Å². The Balaban J connectivity index is 1.29. The predicted molar refractivity (Wildman–Crippen MR) is 236 cm³/mol. The highest BCUT2D eigenvalue weighted by Gasteiger charge is 2.48. The first kappa shape index (κ1) is 47.7. The first-order valence-corrected chi connectivity index (χ1v) is 21.3. The lowest BCUT2D eigenvalue weighted by Gasteiger charge is -2.46. The minimum atomic E-state index is -0.866. The first-order valence-electron chi connectivity index (χ1n) is 21.3. The molecule has 2 N–H and O–H groups in total. The zero-order chi connectivity index (χ0) is 44.0. The monoisotopic (exact) mass is 850 g/mol. The molecule has 62 heavy (non-hydrogen) atoms. The molecule has 0 aromatic heterocycles. The molecule has 1 aliphatic heterocycles. The molecule has 5 rings (SSSR count). The summed E-state index contributed by atoms with van der Waals surface area (Å²) >= 11 is 0.